The molecule has 12 aromatic rings. The fourth-order valence-electron chi connectivity index (χ4n) is 23.4. The van der Waals surface area contributed by atoms with E-state index in [9.17, 15) is 51.5 Å². The lowest BCUT2D eigenvalue weighted by Crippen LogP contribution is -2.32. The minimum Gasteiger partial charge on any atom is -0.350 e. The van der Waals surface area contributed by atoms with Gasteiger partial charge in [-0.15, -0.1) is 11.3 Å². The first kappa shape index (κ1) is 100. The van der Waals surface area contributed by atoms with Crippen LogP contribution in [0, 0.1) is 44.8 Å². The second-order valence-corrected chi connectivity index (χ2v) is 48.6. The standard InChI is InChI=1S/2C14H18FN3O.2C14H19N3O.C14H20N2O.C13H17FN2O.C13H18N2O.C13H17NOS/c1-8(2)18-13(19)11-9(6-16-18)10-5-14(3,4)7-17(10)12(11)15;1-8(2)18-13(19)11-10(6-16-18)17-7-14(3,4)5-9(17)12(11)15;1-9(2)17-13(18)11-7-16-8-14(3,4)5-12(16)10(11)6-15-17;1-9(2)17-13(18)11-5-10-6-14(3,4)8-16(10)12(11)7-15-17;1-9(2)15-7-12-11(13(15)17)5-10-6-14(3,4)8-16(10)12;1-8(2)16-7-9-10-5-3-4-6-15(10)12(14)11(9)13(16)17;1-9(2)15-8-10-11(13(15)16)7-14-6-4-3-5-12(10)14;1-8(2)14-7-10-9-5-3-4-6-11(9)16-12(10)13(14)15/h2*6,8H,5,7H2,1-4H3;6-7,9H,5,8H2,1-4H3;5,7,9H,6,8H2,1-4H3;5,9H,6-8H2,1-4H3;8H,3-7H2,1-2H3;7,9H,3-6,8H2,1-2H3;8H,3-7H2,1-2H3. The molecule has 0 aromatic carbocycles. The summed E-state index contributed by atoms with van der Waals surface area (Å²) in [5.74, 6) is -0.483. The Hall–Kier alpha value is -11.1. The smallest absolute Gasteiger partial charge is 0.279 e. The lowest BCUT2D eigenvalue weighted by Gasteiger charge is -2.23. The van der Waals surface area contributed by atoms with Crippen molar-refractivity contribution in [3.8, 4) is 0 Å². The maximum atomic E-state index is 14.5. The molecule has 0 unspecified atom stereocenters. The number of nitrogens with zero attached hydrogens (tertiary/aromatic N) is 19. The molecule has 24 rings (SSSR count). The van der Waals surface area contributed by atoms with E-state index in [1.165, 1.54) is 97.9 Å². The Morgan fingerprint density at radius 3 is 1.41 bits per heavy atom. The van der Waals surface area contributed by atoms with Crippen molar-refractivity contribution in [2.24, 2.45) is 27.1 Å². The second-order valence-electron chi connectivity index (χ2n) is 47.5. The highest BCUT2D eigenvalue weighted by molar-refractivity contribution is 7.14. The maximum Gasteiger partial charge on any atom is 0.279 e. The lowest BCUT2D eigenvalue weighted by atomic mass is 9.90. The molecule has 4 amide bonds. The van der Waals surface area contributed by atoms with Crippen LogP contribution in [0.2, 0.25) is 0 Å². The van der Waals surface area contributed by atoms with E-state index in [1.807, 2.05) is 113 Å². The van der Waals surface area contributed by atoms with E-state index in [2.05, 4.69) is 162 Å². The van der Waals surface area contributed by atoms with E-state index in [-0.39, 0.29) is 120 Å². The number of rotatable bonds is 8. The van der Waals surface area contributed by atoms with Gasteiger partial charge in [0.05, 0.1) is 110 Å². The highest BCUT2D eigenvalue weighted by Crippen LogP contribution is 2.46. The molecule has 752 valence electrons. The van der Waals surface area contributed by atoms with Crippen LogP contribution in [-0.4, -0.2) is 138 Å². The average molecular weight is 1940 g/mol. The molecule has 0 radical (unpaired) electrons. The first-order valence-electron chi connectivity index (χ1n) is 51.2. The van der Waals surface area contributed by atoms with Crippen LogP contribution in [0.4, 0.5) is 13.2 Å². The Balaban J connectivity index is 0.000000110. The minimum absolute atomic E-state index is 0.0298. The van der Waals surface area contributed by atoms with Gasteiger partial charge < -0.3 is 51.6 Å². The Kier molecular flexibility index (Phi) is 26.8. The summed E-state index contributed by atoms with van der Waals surface area (Å²) in [6.07, 6.45) is 27.3. The highest BCUT2D eigenvalue weighted by Gasteiger charge is 2.45. The predicted octanol–water partition coefficient (Wildman–Crippen LogP) is 19.7. The quantitative estimate of drug-likeness (QED) is 0.138. The van der Waals surface area contributed by atoms with Gasteiger partial charge in [-0.2, -0.15) is 29.2 Å². The molecule has 0 fully saturated rings. The van der Waals surface area contributed by atoms with Gasteiger partial charge in [-0.3, -0.25) is 38.4 Å². The number of hydrogen-bond donors (Lipinski definition) is 0. The third kappa shape index (κ3) is 18.3. The number of amides is 4. The van der Waals surface area contributed by atoms with Gasteiger partial charge in [-0.05, 0) is 257 Å². The molecular formula is C109H146F3N19O8S. The Morgan fingerprint density at radius 2 is 0.793 bits per heavy atom. The van der Waals surface area contributed by atoms with Gasteiger partial charge in [0.15, 0.2) is 5.82 Å². The van der Waals surface area contributed by atoms with Crippen molar-refractivity contribution in [1.29, 1.82) is 0 Å². The molecule has 23 heterocycles. The van der Waals surface area contributed by atoms with Crippen LogP contribution < -0.4 is 22.2 Å². The molecule has 0 N–H and O–H groups in total. The molecule has 0 atom stereocenters. The monoisotopic (exact) mass is 1940 g/mol. The van der Waals surface area contributed by atoms with E-state index in [0.717, 1.165) is 165 Å². The largest absolute Gasteiger partial charge is 0.350 e. The number of hydrogen-bond acceptors (Lipinski definition) is 13. The van der Waals surface area contributed by atoms with Gasteiger partial charge in [0, 0.05) is 163 Å². The summed E-state index contributed by atoms with van der Waals surface area (Å²) in [4.78, 5) is 108. The van der Waals surface area contributed by atoms with E-state index in [0.29, 0.717) is 65.2 Å². The molecule has 12 aliphatic rings. The van der Waals surface area contributed by atoms with Crippen LogP contribution in [0.25, 0.3) is 43.4 Å². The molecular weight excluding hydrogens is 1790 g/mol. The van der Waals surface area contributed by atoms with Crippen LogP contribution in [0.15, 0.2) is 68.5 Å². The predicted molar refractivity (Wildman–Crippen MR) is 545 cm³/mol. The third-order valence-corrected chi connectivity index (χ3v) is 31.7. The molecule has 31 heteroatoms. The number of aromatic nitrogens is 15. The van der Waals surface area contributed by atoms with E-state index in [4.69, 9.17) is 0 Å². The van der Waals surface area contributed by atoms with E-state index >= 15 is 0 Å². The number of halogens is 3. The van der Waals surface area contributed by atoms with Crippen molar-refractivity contribution in [2.45, 2.75) is 397 Å². The van der Waals surface area contributed by atoms with Gasteiger partial charge >= 0.3 is 0 Å². The van der Waals surface area contributed by atoms with Crippen molar-refractivity contribution in [2.75, 3.05) is 0 Å². The molecule has 0 bridgehead atoms. The number of aryl methyl sites for hydroxylation is 2. The first-order valence-corrected chi connectivity index (χ1v) is 52.0. The Bertz CT molecular complexity index is 6870. The Morgan fingerprint density at radius 1 is 0.329 bits per heavy atom. The summed E-state index contributed by atoms with van der Waals surface area (Å²) in [6.45, 7) is 63.1. The van der Waals surface area contributed by atoms with Crippen LogP contribution in [0.5, 0.6) is 0 Å². The minimum atomic E-state index is -0.405. The summed E-state index contributed by atoms with van der Waals surface area (Å²) in [7, 11) is 0. The summed E-state index contributed by atoms with van der Waals surface area (Å²) in [5, 5.41) is 20.6. The highest BCUT2D eigenvalue weighted by atomic mass is 32.1. The molecule has 11 aliphatic heterocycles. The van der Waals surface area contributed by atoms with Crippen molar-refractivity contribution in [3.05, 3.63) is 203 Å². The maximum absolute atomic E-state index is 14.5. The molecule has 1 aliphatic carbocycles. The molecule has 140 heavy (non-hydrogen) atoms. The van der Waals surface area contributed by atoms with Gasteiger partial charge in [-0.1, -0.05) is 69.2 Å². The summed E-state index contributed by atoms with van der Waals surface area (Å²) < 4.78 is 63.4. The second kappa shape index (κ2) is 37.3. The average Bonchev–Trinajstić information content (AvgIpc) is 1.57. The molecule has 27 nitrogen and oxygen atoms in total. The number of thiophene rings is 1. The molecule has 0 saturated carbocycles. The summed E-state index contributed by atoms with van der Waals surface area (Å²) in [6, 6.07) is 5.31. The SMILES string of the molecule is CC(C)N1Cc2c(c(F)n3c2CCCC3)C1=O.CC(C)N1Cc2c(cc3n2CC(C)(C)C3)C1=O.CC(C)N1Cc2c(cn3c2CCCC3)C1=O.CC(C)N1Cc2c(sc3c2CCCC3)C1=O.CC(C)n1ncc2c(c(F)c3n2CC(C)(C)C3)c1=O.CC(C)n1ncc2c(cc3n2CC(C)(C)C3)c1=O.CC(C)n1ncc2c3n(c(F)c2c1=O)CC(C)(C)C3.CC(C)n1ncc2c3n(cc2c1=O)CC(C)(C)C3. The molecule has 0 saturated heterocycles. The van der Waals surface area contributed by atoms with Gasteiger partial charge in [0.2, 0.25) is 11.9 Å². The fourth-order valence-corrected chi connectivity index (χ4v) is 24.8. The van der Waals surface area contributed by atoms with Crippen LogP contribution in [0.3, 0.4) is 0 Å². The van der Waals surface area contributed by atoms with Crippen LogP contribution in [0.1, 0.15) is 356 Å². The number of carbonyl (C=O) groups excluding carboxylic acids is 4. The van der Waals surface area contributed by atoms with Gasteiger partial charge in [0.25, 0.3) is 45.9 Å². The van der Waals surface area contributed by atoms with Gasteiger partial charge in [-0.25, -0.2) is 23.1 Å². The lowest BCUT2D eigenvalue weighted by molar-refractivity contribution is 0.0716. The normalized spacial score (nSPS) is 18.5. The van der Waals surface area contributed by atoms with Crippen molar-refractivity contribution in [3.63, 3.8) is 0 Å². The summed E-state index contributed by atoms with van der Waals surface area (Å²) >= 11 is 1.76. The zero-order valence-electron chi connectivity index (χ0n) is 87.4. The number of carbonyl (C=O) groups is 4. The third-order valence-electron chi connectivity index (χ3n) is 30.4. The van der Waals surface area contributed by atoms with E-state index in [1.54, 1.807) is 47.1 Å². The summed E-state index contributed by atoms with van der Waals surface area (Å²) in [5.41, 5.74) is 18.5. The van der Waals surface area contributed by atoms with Crippen molar-refractivity contribution >= 4 is 78.3 Å². The van der Waals surface area contributed by atoms with Crippen molar-refractivity contribution in [1.82, 2.24) is 90.7 Å². The van der Waals surface area contributed by atoms with E-state index < -0.39 is 5.95 Å². The fraction of sp³-hybridized carbons (Fsp3) is 0.596. The number of fused-ring (bicyclic) bond motifs is 24. The van der Waals surface area contributed by atoms with Crippen LogP contribution in [-0.2, 0) is 130 Å². The van der Waals surface area contributed by atoms with Gasteiger partial charge in [0.1, 0.15) is 10.8 Å². The zero-order chi connectivity index (χ0) is 101. The zero-order valence-corrected chi connectivity index (χ0v) is 88.2. The molecule has 12 aromatic heterocycles. The van der Waals surface area contributed by atoms with Crippen LogP contribution >= 0.6 is 11.3 Å². The van der Waals surface area contributed by atoms with Crippen molar-refractivity contribution < 1.29 is 32.3 Å². The first-order chi connectivity index (χ1) is 65.8. The molecule has 0 spiro atoms. The topological polar surface area (TPSA) is 255 Å². The Labute approximate surface area is 823 Å².